The molecular formula is C65H76N4O. The monoisotopic (exact) mass is 929 g/mol. The highest BCUT2D eigenvalue weighted by Crippen LogP contribution is 2.49. The van der Waals surface area contributed by atoms with E-state index < -0.39 is 0 Å². The Kier molecular flexibility index (Phi) is 11.8. The van der Waals surface area contributed by atoms with E-state index in [0.717, 1.165) is 34.0 Å². The van der Waals surface area contributed by atoms with Crippen LogP contribution in [-0.2, 0) is 32.5 Å². The van der Waals surface area contributed by atoms with Crippen molar-refractivity contribution in [1.82, 2.24) is 9.55 Å². The number of fused-ring (bicyclic) bond motifs is 4. The number of pyridine rings is 1. The van der Waals surface area contributed by atoms with Gasteiger partial charge < -0.3 is 14.5 Å². The van der Waals surface area contributed by atoms with E-state index in [4.69, 9.17) is 9.72 Å². The van der Waals surface area contributed by atoms with Crippen molar-refractivity contribution in [1.29, 1.82) is 0 Å². The Hall–Kier alpha value is -6.33. The van der Waals surface area contributed by atoms with E-state index in [2.05, 4.69) is 266 Å². The number of benzene rings is 6. The van der Waals surface area contributed by atoms with Gasteiger partial charge in [0.05, 0.1) is 22.4 Å². The molecule has 0 radical (unpaired) electrons. The fraction of sp³-hybridized carbons (Fsp3) is 0.369. The Bertz CT molecular complexity index is 3230. The van der Waals surface area contributed by atoms with Gasteiger partial charge in [-0.1, -0.05) is 166 Å². The quantitative estimate of drug-likeness (QED) is 0.159. The first-order valence-electron chi connectivity index (χ1n) is 25.4. The summed E-state index contributed by atoms with van der Waals surface area (Å²) in [7, 11) is 0. The van der Waals surface area contributed by atoms with Crippen LogP contribution in [-0.4, -0.2) is 16.2 Å². The van der Waals surface area contributed by atoms with Crippen LogP contribution in [0.25, 0.3) is 27.6 Å². The summed E-state index contributed by atoms with van der Waals surface area (Å²) in [6.07, 6.45) is 1.95. The number of anilines is 4. The molecule has 8 aromatic rings. The zero-order valence-corrected chi connectivity index (χ0v) is 45.2. The van der Waals surface area contributed by atoms with Crippen molar-refractivity contribution in [2.75, 3.05) is 16.5 Å². The van der Waals surface area contributed by atoms with Crippen molar-refractivity contribution in [3.63, 3.8) is 0 Å². The molecule has 2 aromatic heterocycles. The van der Waals surface area contributed by atoms with Crippen molar-refractivity contribution in [2.45, 2.75) is 150 Å². The van der Waals surface area contributed by atoms with Crippen LogP contribution in [0.3, 0.4) is 0 Å². The number of rotatable bonds is 7. The van der Waals surface area contributed by atoms with Gasteiger partial charge in [0.25, 0.3) is 0 Å². The van der Waals surface area contributed by atoms with Gasteiger partial charge in [-0.3, -0.25) is 4.57 Å². The maximum Gasteiger partial charge on any atom is 0.137 e. The molecule has 0 saturated heterocycles. The van der Waals surface area contributed by atoms with Crippen LogP contribution >= 0.6 is 0 Å². The Labute approximate surface area is 419 Å². The van der Waals surface area contributed by atoms with Gasteiger partial charge in [-0.2, -0.15) is 0 Å². The molecule has 0 aliphatic carbocycles. The molecule has 1 aliphatic rings. The Morgan fingerprint density at radius 3 is 1.57 bits per heavy atom. The van der Waals surface area contributed by atoms with Gasteiger partial charge in [0.2, 0.25) is 0 Å². The predicted octanol–water partition coefficient (Wildman–Crippen LogP) is 18.0. The van der Waals surface area contributed by atoms with Crippen molar-refractivity contribution >= 4 is 44.6 Å². The second-order valence-electron chi connectivity index (χ2n) is 25.7. The summed E-state index contributed by atoms with van der Waals surface area (Å²) in [5, 5.41) is 2.38. The van der Waals surface area contributed by atoms with E-state index in [1.165, 1.54) is 66.8 Å². The average Bonchev–Trinajstić information content (AvgIpc) is 3.83. The van der Waals surface area contributed by atoms with Gasteiger partial charge >= 0.3 is 0 Å². The molecule has 0 spiro atoms. The summed E-state index contributed by atoms with van der Waals surface area (Å²) in [6.45, 7) is 39.8. The fourth-order valence-electron chi connectivity index (χ4n) is 9.90. The third-order valence-electron chi connectivity index (χ3n) is 14.8. The van der Waals surface area contributed by atoms with Crippen LogP contribution < -0.4 is 14.5 Å². The van der Waals surface area contributed by atoms with E-state index >= 15 is 0 Å². The zero-order valence-electron chi connectivity index (χ0n) is 45.2. The van der Waals surface area contributed by atoms with Crippen molar-refractivity contribution in [3.8, 4) is 17.3 Å². The highest BCUT2D eigenvalue weighted by Gasteiger charge is 2.34. The van der Waals surface area contributed by atoms with Gasteiger partial charge in [0.1, 0.15) is 24.0 Å². The maximum atomic E-state index is 7.20. The van der Waals surface area contributed by atoms with Crippen molar-refractivity contribution in [3.05, 3.63) is 179 Å². The molecule has 70 heavy (non-hydrogen) atoms. The van der Waals surface area contributed by atoms with Crippen LogP contribution in [0, 0.1) is 0 Å². The lowest BCUT2D eigenvalue weighted by molar-refractivity contribution is 0.480. The molecule has 0 atom stereocenters. The molecule has 0 N–H and O–H groups in total. The van der Waals surface area contributed by atoms with Crippen LogP contribution in [0.5, 0.6) is 11.5 Å². The maximum absolute atomic E-state index is 7.20. The number of hydrogen-bond donors (Lipinski definition) is 0. The number of aromatic nitrogens is 2. The summed E-state index contributed by atoms with van der Waals surface area (Å²) in [5.41, 5.74) is 15.4. The van der Waals surface area contributed by atoms with Crippen LogP contribution in [0.4, 0.5) is 22.7 Å². The van der Waals surface area contributed by atoms with E-state index in [0.29, 0.717) is 6.67 Å². The first-order valence-corrected chi connectivity index (χ1v) is 25.4. The highest BCUT2D eigenvalue weighted by molar-refractivity contribution is 6.10. The van der Waals surface area contributed by atoms with Crippen LogP contribution in [0.1, 0.15) is 157 Å². The van der Waals surface area contributed by atoms with Gasteiger partial charge in [0.15, 0.2) is 0 Å². The fourth-order valence-corrected chi connectivity index (χ4v) is 9.90. The van der Waals surface area contributed by atoms with Gasteiger partial charge in [-0.15, -0.1) is 0 Å². The molecule has 0 amide bonds. The van der Waals surface area contributed by atoms with E-state index in [9.17, 15) is 0 Å². The highest BCUT2D eigenvalue weighted by atomic mass is 16.5. The van der Waals surface area contributed by atoms with E-state index in [1.54, 1.807) is 0 Å². The average molecular weight is 929 g/mol. The normalized spacial score (nSPS) is 14.0. The van der Waals surface area contributed by atoms with E-state index in [1.807, 2.05) is 6.20 Å². The molecule has 5 heteroatoms. The molecule has 3 heterocycles. The Morgan fingerprint density at radius 1 is 0.386 bits per heavy atom. The van der Waals surface area contributed by atoms with Crippen LogP contribution in [0.2, 0.25) is 0 Å². The lowest BCUT2D eigenvalue weighted by atomic mass is 9.78. The molecular weight excluding hydrogens is 853 g/mol. The number of ether oxygens (including phenoxy) is 1. The largest absolute Gasteiger partial charge is 0.457 e. The first kappa shape index (κ1) is 48.7. The zero-order chi connectivity index (χ0) is 50.5. The second-order valence-corrected chi connectivity index (χ2v) is 25.7. The Balaban J connectivity index is 1.22. The predicted molar refractivity (Wildman–Crippen MR) is 299 cm³/mol. The molecule has 362 valence electrons. The summed E-state index contributed by atoms with van der Waals surface area (Å²) in [4.78, 5) is 10.0. The number of hydrogen-bond acceptors (Lipinski definition) is 4. The minimum Gasteiger partial charge on any atom is -0.457 e. The minimum atomic E-state index is -0.332. The number of nitrogens with zero attached hydrogens (tertiary/aromatic N) is 4. The molecule has 1 aliphatic heterocycles. The molecule has 6 aromatic carbocycles. The lowest BCUT2D eigenvalue weighted by Gasteiger charge is -2.30. The summed E-state index contributed by atoms with van der Waals surface area (Å²) < 4.78 is 9.52. The SMILES string of the molecule is CC(C)(C)c1cc(N2CN(c3cc(Oc4ccc5c6cc(C(C)(C)C)ccc6n(-c6cc(C(C)(C)C)ccn6)c5c4)cc(C(C)(C)c4ccccc4)c3)c3ccc(C(C)(C)C)cc32)cc(C(C)(C)C)c1. The van der Waals surface area contributed by atoms with Crippen LogP contribution in [0.15, 0.2) is 140 Å². The van der Waals surface area contributed by atoms with Crippen molar-refractivity contribution in [2.24, 2.45) is 0 Å². The molecule has 9 rings (SSSR count). The third kappa shape index (κ3) is 9.25. The molecule has 0 fully saturated rings. The summed E-state index contributed by atoms with van der Waals surface area (Å²) in [6, 6.07) is 50.0. The van der Waals surface area contributed by atoms with E-state index in [-0.39, 0.29) is 32.5 Å². The second kappa shape index (κ2) is 16.9. The first-order chi connectivity index (χ1) is 32.6. The van der Waals surface area contributed by atoms with Crippen molar-refractivity contribution < 1.29 is 4.74 Å². The minimum absolute atomic E-state index is 0.0000862. The Morgan fingerprint density at radius 2 is 0.943 bits per heavy atom. The van der Waals surface area contributed by atoms with Gasteiger partial charge in [0, 0.05) is 45.9 Å². The van der Waals surface area contributed by atoms with Gasteiger partial charge in [-0.25, -0.2) is 4.98 Å². The topological polar surface area (TPSA) is 33.5 Å². The molecule has 0 bridgehead atoms. The standard InChI is InChI=1S/C65H76N4O/c1-60(2,3)43-23-27-55-54(36-43)53-26-25-51(40-57(53)69(55)59-38-45(29-30-66-59)62(7,8)9)70-52-35-48(65(16,17)42-21-19-18-20-22-42)34-50(39-52)67-41-68(58-37-44(61(4,5)6)24-28-56(58)67)49-32-46(63(10,11)12)31-47(33-49)64(13,14)15/h18-40H,41H2,1-17H3. The third-order valence-corrected chi connectivity index (χ3v) is 14.8. The lowest BCUT2D eigenvalue weighted by Crippen LogP contribution is -2.26. The smallest absolute Gasteiger partial charge is 0.137 e. The summed E-state index contributed by atoms with van der Waals surface area (Å²) >= 11 is 0. The molecule has 0 saturated carbocycles. The molecule has 0 unspecified atom stereocenters. The summed E-state index contributed by atoms with van der Waals surface area (Å²) in [5.74, 6) is 2.46. The molecule has 5 nitrogen and oxygen atoms in total. The van der Waals surface area contributed by atoms with Gasteiger partial charge in [-0.05, 0) is 139 Å².